The Morgan fingerprint density at radius 1 is 1.25 bits per heavy atom. The molecule has 3 aromatic rings. The van der Waals surface area contributed by atoms with Gasteiger partial charge in [0, 0.05) is 68.4 Å². The van der Waals surface area contributed by atoms with Crippen LogP contribution in [0, 0.1) is 0 Å². The first-order valence-corrected chi connectivity index (χ1v) is 10.4. The number of hydrogen-bond donors (Lipinski definition) is 0. The maximum Gasteiger partial charge on any atom is 0.222 e. The van der Waals surface area contributed by atoms with E-state index in [1.165, 1.54) is 5.69 Å². The first kappa shape index (κ1) is 20.7. The van der Waals surface area contributed by atoms with Gasteiger partial charge in [-0.2, -0.15) is 5.10 Å². The molecular weight excluding hydrogens is 395 g/mol. The highest BCUT2D eigenvalue weighted by Gasteiger charge is 2.28. The summed E-state index contributed by atoms with van der Waals surface area (Å²) in [6, 6.07) is 1.91. The number of rotatable bonds is 2. The minimum absolute atomic E-state index is 0.177. The molecule has 3 heterocycles. The molecule has 1 aliphatic rings. The summed E-state index contributed by atoms with van der Waals surface area (Å²) in [4.78, 5) is 14.2. The number of carbonyl (C=O) groups excluding carboxylic acids is 1. The minimum Gasteiger partial charge on any atom is -0.346 e. The molecule has 7 heteroatoms. The fourth-order valence-corrected chi connectivity index (χ4v) is 4.41. The predicted octanol–water partition coefficient (Wildman–Crippen LogP) is 5.21. The van der Waals surface area contributed by atoms with Crippen LogP contribution in [0.5, 0.6) is 0 Å². The monoisotopic (exact) mass is 420 g/mol. The van der Waals surface area contributed by atoms with Crippen molar-refractivity contribution >= 4 is 40.0 Å². The van der Waals surface area contributed by atoms with Crippen LogP contribution >= 0.6 is 23.2 Å². The lowest BCUT2D eigenvalue weighted by Gasteiger charge is -2.28. The van der Waals surface area contributed by atoms with Crippen molar-refractivity contribution in [1.82, 2.24) is 19.2 Å². The van der Waals surface area contributed by atoms with Gasteiger partial charge < -0.3 is 9.47 Å². The van der Waals surface area contributed by atoms with Gasteiger partial charge in [-0.15, -0.1) is 0 Å². The van der Waals surface area contributed by atoms with Crippen LogP contribution in [0.3, 0.4) is 0 Å². The molecule has 1 aliphatic heterocycles. The second kappa shape index (κ2) is 8.18. The molecule has 4 rings (SSSR count). The molecule has 2 aromatic heterocycles. The molecule has 0 saturated carbocycles. The Morgan fingerprint density at radius 2 is 1.96 bits per heavy atom. The number of benzene rings is 1. The van der Waals surface area contributed by atoms with E-state index >= 15 is 0 Å². The van der Waals surface area contributed by atoms with Crippen molar-refractivity contribution in [1.29, 1.82) is 0 Å². The molecule has 0 unspecified atom stereocenters. The van der Waals surface area contributed by atoms with Crippen LogP contribution in [0.15, 0.2) is 18.5 Å². The van der Waals surface area contributed by atoms with Gasteiger partial charge in [-0.3, -0.25) is 9.48 Å². The van der Waals surface area contributed by atoms with Crippen LogP contribution in [0.2, 0.25) is 10.0 Å². The van der Waals surface area contributed by atoms with Crippen molar-refractivity contribution < 1.29 is 4.79 Å². The van der Waals surface area contributed by atoms with Crippen molar-refractivity contribution in [2.24, 2.45) is 14.1 Å². The molecule has 28 heavy (non-hydrogen) atoms. The topological polar surface area (TPSA) is 43.1 Å². The van der Waals surface area contributed by atoms with Crippen LogP contribution in [0.1, 0.15) is 38.4 Å². The van der Waals surface area contributed by atoms with E-state index < -0.39 is 0 Å². The Hall–Kier alpha value is -1.98. The third kappa shape index (κ3) is 3.31. The summed E-state index contributed by atoms with van der Waals surface area (Å²) in [6.45, 7) is 7.24. The molecule has 0 saturated heterocycles. The quantitative estimate of drug-likeness (QED) is 0.570. The van der Waals surface area contributed by atoms with Crippen molar-refractivity contribution in [2.75, 3.05) is 6.54 Å². The highest BCUT2D eigenvalue weighted by molar-refractivity contribution is 6.45. The van der Waals surface area contributed by atoms with E-state index in [1.54, 1.807) is 4.68 Å². The van der Waals surface area contributed by atoms with Crippen LogP contribution in [0.4, 0.5) is 0 Å². The highest BCUT2D eigenvalue weighted by atomic mass is 35.5. The summed E-state index contributed by atoms with van der Waals surface area (Å²) >= 11 is 13.0. The number of fused-ring (bicyclic) bond motifs is 3. The van der Waals surface area contributed by atoms with Crippen LogP contribution in [0.25, 0.3) is 22.0 Å². The zero-order valence-electron chi connectivity index (χ0n) is 17.0. The standard InChI is InChI=1S/C19H20Cl2N4O.C2H6/c1-4-16(26)25-6-5-15-13(10-25)17-12(11-8-22-23(2)9-11)7-14(20)18(21)19(17)24(15)3;1-2/h7-9H,4-6,10H2,1-3H3;1-2H3. The molecule has 0 radical (unpaired) electrons. The SMILES string of the molecule is CC.CCC(=O)N1CCc2c(c3c(-c4cnn(C)c4)cc(Cl)c(Cl)c3n2C)C1. The molecule has 0 atom stereocenters. The van der Waals surface area contributed by atoms with E-state index in [-0.39, 0.29) is 5.91 Å². The van der Waals surface area contributed by atoms with E-state index in [9.17, 15) is 4.79 Å². The van der Waals surface area contributed by atoms with E-state index in [1.807, 2.05) is 58.2 Å². The first-order valence-electron chi connectivity index (χ1n) is 9.67. The van der Waals surface area contributed by atoms with Crippen molar-refractivity contribution in [2.45, 2.75) is 40.2 Å². The van der Waals surface area contributed by atoms with Gasteiger partial charge in [-0.25, -0.2) is 0 Å². The number of halogens is 2. The number of nitrogens with zero attached hydrogens (tertiary/aromatic N) is 4. The zero-order valence-corrected chi connectivity index (χ0v) is 18.5. The van der Waals surface area contributed by atoms with Crippen molar-refractivity contribution in [3.05, 3.63) is 39.8 Å². The maximum absolute atomic E-state index is 12.3. The van der Waals surface area contributed by atoms with Crippen LogP contribution in [-0.4, -0.2) is 31.7 Å². The molecule has 0 bridgehead atoms. The summed E-state index contributed by atoms with van der Waals surface area (Å²) in [5, 5.41) is 6.45. The molecule has 1 aromatic carbocycles. The van der Waals surface area contributed by atoms with Gasteiger partial charge in [0.25, 0.3) is 0 Å². The highest BCUT2D eigenvalue weighted by Crippen LogP contribution is 2.43. The normalized spacial score (nSPS) is 13.3. The Bertz CT molecular complexity index is 1040. The predicted molar refractivity (Wildman–Crippen MR) is 116 cm³/mol. The van der Waals surface area contributed by atoms with Crippen molar-refractivity contribution in [3.63, 3.8) is 0 Å². The lowest BCUT2D eigenvalue weighted by Crippen LogP contribution is -2.35. The smallest absolute Gasteiger partial charge is 0.222 e. The van der Waals surface area contributed by atoms with Gasteiger partial charge in [-0.05, 0) is 11.6 Å². The van der Waals surface area contributed by atoms with Gasteiger partial charge in [0.1, 0.15) is 0 Å². The molecular formula is C21H26Cl2N4O. The molecule has 5 nitrogen and oxygen atoms in total. The van der Waals surface area contributed by atoms with E-state index in [0.717, 1.165) is 40.6 Å². The fraction of sp³-hybridized carbons (Fsp3) is 0.429. The zero-order chi connectivity index (χ0) is 20.6. The first-order chi connectivity index (χ1) is 13.4. The second-order valence-electron chi connectivity index (χ2n) is 6.75. The van der Waals surface area contributed by atoms with Gasteiger partial charge in [0.05, 0.1) is 21.8 Å². The van der Waals surface area contributed by atoms with Crippen molar-refractivity contribution in [3.8, 4) is 11.1 Å². The average Bonchev–Trinajstić information content (AvgIpc) is 3.27. The molecule has 150 valence electrons. The average molecular weight is 421 g/mol. The lowest BCUT2D eigenvalue weighted by atomic mass is 9.97. The summed E-state index contributed by atoms with van der Waals surface area (Å²) in [6.07, 6.45) is 5.13. The van der Waals surface area contributed by atoms with Gasteiger partial charge in [0.2, 0.25) is 5.91 Å². The van der Waals surface area contributed by atoms with Crippen LogP contribution < -0.4 is 0 Å². The van der Waals surface area contributed by atoms with Crippen LogP contribution in [-0.2, 0) is 31.9 Å². The number of aromatic nitrogens is 3. The third-order valence-electron chi connectivity index (χ3n) is 5.22. The van der Waals surface area contributed by atoms with E-state index in [0.29, 0.717) is 23.0 Å². The summed E-state index contributed by atoms with van der Waals surface area (Å²) in [7, 11) is 3.91. The largest absolute Gasteiger partial charge is 0.346 e. The number of aryl methyl sites for hydroxylation is 2. The fourth-order valence-electron chi connectivity index (χ4n) is 3.94. The number of amides is 1. The lowest BCUT2D eigenvalue weighted by molar-refractivity contribution is -0.131. The molecule has 0 spiro atoms. The second-order valence-corrected chi connectivity index (χ2v) is 7.53. The number of hydrogen-bond acceptors (Lipinski definition) is 2. The molecule has 0 fully saturated rings. The van der Waals surface area contributed by atoms with Gasteiger partial charge in [0.15, 0.2) is 0 Å². The minimum atomic E-state index is 0.177. The Morgan fingerprint density at radius 3 is 2.57 bits per heavy atom. The Balaban J connectivity index is 0.00000109. The number of carbonyl (C=O) groups is 1. The maximum atomic E-state index is 12.3. The molecule has 0 N–H and O–H groups in total. The summed E-state index contributed by atoms with van der Waals surface area (Å²) in [5.41, 5.74) is 5.30. The van der Waals surface area contributed by atoms with Gasteiger partial charge in [-0.1, -0.05) is 44.0 Å². The third-order valence-corrected chi connectivity index (χ3v) is 6.00. The summed E-state index contributed by atoms with van der Waals surface area (Å²) < 4.78 is 3.90. The molecule has 1 amide bonds. The van der Waals surface area contributed by atoms with E-state index in [2.05, 4.69) is 9.67 Å². The van der Waals surface area contributed by atoms with E-state index in [4.69, 9.17) is 23.2 Å². The van der Waals surface area contributed by atoms with Gasteiger partial charge >= 0.3 is 0 Å². The molecule has 0 aliphatic carbocycles. The Labute approximate surface area is 175 Å². The summed E-state index contributed by atoms with van der Waals surface area (Å²) in [5.74, 6) is 0.177. The Kier molecular flexibility index (Phi) is 6.06.